The molecule has 4 rings (SSSR count). The highest BCUT2D eigenvalue weighted by Crippen LogP contribution is 2.30. The molecule has 2 unspecified atom stereocenters. The van der Waals surface area contributed by atoms with Crippen molar-refractivity contribution in [3.05, 3.63) is 70.7 Å². The van der Waals surface area contributed by atoms with Gasteiger partial charge in [-0.3, -0.25) is 9.69 Å². The van der Waals surface area contributed by atoms with Gasteiger partial charge in [-0.25, -0.2) is 0 Å². The summed E-state index contributed by atoms with van der Waals surface area (Å²) < 4.78 is 0. The van der Waals surface area contributed by atoms with Gasteiger partial charge in [0, 0.05) is 22.7 Å². The molecule has 1 heterocycles. The number of hydrogen-bond acceptors (Lipinski definition) is 2. The van der Waals surface area contributed by atoms with Crippen LogP contribution in [-0.4, -0.2) is 36.0 Å². The van der Waals surface area contributed by atoms with Gasteiger partial charge in [0.25, 0.3) is 5.91 Å². The minimum Gasteiger partial charge on any atom is -0.348 e. The minimum absolute atomic E-state index is 0.0649. The number of likely N-dealkylation sites (tertiary alicyclic amines) is 1. The van der Waals surface area contributed by atoms with E-state index in [0.29, 0.717) is 6.04 Å². The highest BCUT2D eigenvalue weighted by Gasteiger charge is 2.35. The Kier molecular flexibility index (Phi) is 6.33. The lowest BCUT2D eigenvalue weighted by atomic mass is 9.89. The van der Waals surface area contributed by atoms with Gasteiger partial charge in [0.1, 0.15) is 0 Å². The van der Waals surface area contributed by atoms with Crippen molar-refractivity contribution in [1.82, 2.24) is 10.2 Å². The predicted molar refractivity (Wildman–Crippen MR) is 115 cm³/mol. The number of amides is 1. The first-order valence-corrected chi connectivity index (χ1v) is 10.9. The third kappa shape index (κ3) is 4.76. The number of carbonyl (C=O) groups is 1. The summed E-state index contributed by atoms with van der Waals surface area (Å²) in [6.07, 6.45) is 7.10. The summed E-state index contributed by atoms with van der Waals surface area (Å²) in [6.45, 7) is 2.28. The molecule has 0 radical (unpaired) electrons. The molecular formula is C24H29ClN2O. The summed E-state index contributed by atoms with van der Waals surface area (Å²) in [7, 11) is 0. The van der Waals surface area contributed by atoms with Gasteiger partial charge in [0.05, 0.1) is 0 Å². The average Bonchev–Trinajstić information content (AvgIpc) is 3.19. The maximum atomic E-state index is 12.6. The Labute approximate surface area is 173 Å². The summed E-state index contributed by atoms with van der Waals surface area (Å²) in [5.41, 5.74) is 2.14. The van der Waals surface area contributed by atoms with E-state index in [9.17, 15) is 4.79 Å². The lowest BCUT2D eigenvalue weighted by Crippen LogP contribution is -2.51. The zero-order valence-corrected chi connectivity index (χ0v) is 17.1. The molecule has 1 saturated heterocycles. The van der Waals surface area contributed by atoms with Crippen LogP contribution in [0, 0.1) is 5.92 Å². The lowest BCUT2D eigenvalue weighted by molar-refractivity contribution is 0.0862. The number of nitrogens with zero attached hydrogens (tertiary/aromatic N) is 1. The Balaban J connectivity index is 1.29. The lowest BCUT2D eigenvalue weighted by Gasteiger charge is -2.38. The molecule has 1 N–H and O–H groups in total. The van der Waals surface area contributed by atoms with Crippen LogP contribution in [0.3, 0.4) is 0 Å². The molecule has 1 saturated carbocycles. The van der Waals surface area contributed by atoms with E-state index in [-0.39, 0.29) is 11.9 Å². The van der Waals surface area contributed by atoms with Crippen molar-refractivity contribution in [3.63, 3.8) is 0 Å². The van der Waals surface area contributed by atoms with Crippen molar-refractivity contribution in [3.8, 4) is 0 Å². The zero-order chi connectivity index (χ0) is 19.3. The van der Waals surface area contributed by atoms with Gasteiger partial charge in [0.2, 0.25) is 0 Å². The molecule has 2 aromatic rings. The monoisotopic (exact) mass is 396 g/mol. The van der Waals surface area contributed by atoms with E-state index in [0.717, 1.165) is 42.4 Å². The van der Waals surface area contributed by atoms with E-state index in [1.54, 1.807) is 0 Å². The Morgan fingerprint density at radius 3 is 2.39 bits per heavy atom. The van der Waals surface area contributed by atoms with Gasteiger partial charge in [0.15, 0.2) is 0 Å². The van der Waals surface area contributed by atoms with Crippen LogP contribution in [0.15, 0.2) is 54.6 Å². The standard InChI is InChI=1S/C24H29ClN2O/c25-21-11-9-18(10-12-21)17-19-13-15-27(16-14-19)23-8-4-7-22(23)26-24(28)20-5-2-1-3-6-20/h1-3,5-6,9-12,19,22-23H,4,7-8,13-17H2,(H,26,28). The summed E-state index contributed by atoms with van der Waals surface area (Å²) >= 11 is 6.00. The van der Waals surface area contributed by atoms with Gasteiger partial charge in [-0.05, 0) is 87.4 Å². The number of hydrogen-bond donors (Lipinski definition) is 1. The van der Waals surface area contributed by atoms with E-state index in [4.69, 9.17) is 11.6 Å². The normalized spacial score (nSPS) is 23.6. The van der Waals surface area contributed by atoms with E-state index in [1.165, 1.54) is 31.2 Å². The summed E-state index contributed by atoms with van der Waals surface area (Å²) in [5, 5.41) is 4.11. The van der Waals surface area contributed by atoms with Crippen LogP contribution >= 0.6 is 11.6 Å². The van der Waals surface area contributed by atoms with Crippen LogP contribution < -0.4 is 5.32 Å². The third-order valence-corrected chi connectivity index (χ3v) is 6.64. The van der Waals surface area contributed by atoms with Crippen molar-refractivity contribution in [2.45, 2.75) is 50.6 Å². The van der Waals surface area contributed by atoms with Gasteiger partial charge in [-0.1, -0.05) is 41.9 Å². The number of rotatable bonds is 5. The van der Waals surface area contributed by atoms with Crippen molar-refractivity contribution >= 4 is 17.5 Å². The molecule has 1 aliphatic carbocycles. The molecule has 3 nitrogen and oxygen atoms in total. The summed E-state index contributed by atoms with van der Waals surface area (Å²) in [4.78, 5) is 15.2. The van der Waals surface area contributed by atoms with Gasteiger partial charge < -0.3 is 5.32 Å². The topological polar surface area (TPSA) is 32.3 Å². The fourth-order valence-electron chi connectivity index (χ4n) is 4.83. The molecule has 1 aliphatic heterocycles. The number of benzene rings is 2. The number of halogens is 1. The second kappa shape index (κ2) is 9.11. The van der Waals surface area contributed by atoms with Crippen molar-refractivity contribution in [2.24, 2.45) is 5.92 Å². The van der Waals surface area contributed by atoms with Gasteiger partial charge in [-0.2, -0.15) is 0 Å². The van der Waals surface area contributed by atoms with Gasteiger partial charge >= 0.3 is 0 Å². The van der Waals surface area contributed by atoms with Crippen LogP contribution in [0.2, 0.25) is 5.02 Å². The van der Waals surface area contributed by atoms with Crippen molar-refractivity contribution in [1.29, 1.82) is 0 Å². The molecule has 1 amide bonds. The summed E-state index contributed by atoms with van der Waals surface area (Å²) in [5.74, 6) is 0.811. The Morgan fingerprint density at radius 1 is 0.964 bits per heavy atom. The average molecular weight is 397 g/mol. The van der Waals surface area contributed by atoms with Crippen LogP contribution in [0.4, 0.5) is 0 Å². The molecule has 2 fully saturated rings. The van der Waals surface area contributed by atoms with Gasteiger partial charge in [-0.15, -0.1) is 0 Å². The largest absolute Gasteiger partial charge is 0.348 e. The Hall–Kier alpha value is -1.84. The fourth-order valence-corrected chi connectivity index (χ4v) is 4.96. The first-order valence-electron chi connectivity index (χ1n) is 10.5. The van der Waals surface area contributed by atoms with E-state index in [1.807, 2.05) is 42.5 Å². The highest BCUT2D eigenvalue weighted by atomic mass is 35.5. The maximum absolute atomic E-state index is 12.6. The highest BCUT2D eigenvalue weighted by molar-refractivity contribution is 6.30. The molecule has 0 aromatic heterocycles. The molecule has 0 bridgehead atoms. The Morgan fingerprint density at radius 2 is 1.68 bits per heavy atom. The second-order valence-corrected chi connectivity index (χ2v) is 8.69. The molecule has 2 aromatic carbocycles. The van der Waals surface area contributed by atoms with Crippen LogP contribution in [0.1, 0.15) is 48.0 Å². The third-order valence-electron chi connectivity index (χ3n) is 6.39. The van der Waals surface area contributed by atoms with E-state index in [2.05, 4.69) is 22.3 Å². The van der Waals surface area contributed by atoms with Crippen LogP contribution in [-0.2, 0) is 6.42 Å². The maximum Gasteiger partial charge on any atom is 0.251 e. The predicted octanol–water partition coefficient (Wildman–Crippen LogP) is 4.95. The fraction of sp³-hybridized carbons (Fsp3) is 0.458. The van der Waals surface area contributed by atoms with Crippen molar-refractivity contribution in [2.75, 3.05) is 13.1 Å². The first-order chi connectivity index (χ1) is 13.7. The van der Waals surface area contributed by atoms with E-state index < -0.39 is 0 Å². The minimum atomic E-state index is 0.0649. The molecular weight excluding hydrogens is 368 g/mol. The molecule has 2 atom stereocenters. The molecule has 4 heteroatoms. The Bertz CT molecular complexity index is 769. The second-order valence-electron chi connectivity index (χ2n) is 8.25. The molecule has 2 aliphatic rings. The smallest absolute Gasteiger partial charge is 0.251 e. The van der Waals surface area contributed by atoms with E-state index >= 15 is 0 Å². The van der Waals surface area contributed by atoms with Crippen LogP contribution in [0.5, 0.6) is 0 Å². The molecule has 148 valence electrons. The number of piperidine rings is 1. The summed E-state index contributed by atoms with van der Waals surface area (Å²) in [6, 6.07) is 18.6. The zero-order valence-electron chi connectivity index (χ0n) is 16.3. The SMILES string of the molecule is O=C(NC1CCCC1N1CCC(Cc2ccc(Cl)cc2)CC1)c1ccccc1. The number of nitrogens with one attached hydrogen (secondary N) is 1. The first kappa shape index (κ1) is 19.5. The number of carbonyl (C=O) groups excluding carboxylic acids is 1. The molecule has 28 heavy (non-hydrogen) atoms. The quantitative estimate of drug-likeness (QED) is 0.775. The van der Waals surface area contributed by atoms with Crippen LogP contribution in [0.25, 0.3) is 0 Å². The van der Waals surface area contributed by atoms with Crippen molar-refractivity contribution < 1.29 is 4.79 Å². The molecule has 0 spiro atoms.